The van der Waals surface area contributed by atoms with E-state index < -0.39 is 9.84 Å². The van der Waals surface area contributed by atoms with Crippen LogP contribution in [0.3, 0.4) is 0 Å². The van der Waals surface area contributed by atoms with Gasteiger partial charge in [-0.05, 0) is 49.9 Å². The van der Waals surface area contributed by atoms with Crippen LogP contribution >= 0.6 is 11.8 Å². The Morgan fingerprint density at radius 3 is 2.46 bits per heavy atom. The number of carbonyl (C=O) groups excluding carboxylic acids is 1. The highest BCUT2D eigenvalue weighted by atomic mass is 32.2. The molecule has 1 saturated heterocycles. The van der Waals surface area contributed by atoms with Crippen LogP contribution in [0.15, 0.2) is 12.1 Å². The first-order valence-electron chi connectivity index (χ1n) is 9.53. The maximum Gasteiger partial charge on any atom is 0.233 e. The summed E-state index contributed by atoms with van der Waals surface area (Å²) in [6.07, 6.45) is 1.35. The third-order valence-corrected chi connectivity index (χ3v) is 8.00. The lowest BCUT2D eigenvalue weighted by molar-refractivity contribution is -0.132. The average molecular weight is 430 g/mol. The fraction of sp³-hybridized carbons (Fsp3) is 0.650. The molecule has 0 aliphatic carbocycles. The van der Waals surface area contributed by atoms with Crippen LogP contribution in [0.5, 0.6) is 11.5 Å². The summed E-state index contributed by atoms with van der Waals surface area (Å²) in [6.45, 7) is 6.02. The van der Waals surface area contributed by atoms with Crippen molar-refractivity contribution < 1.29 is 22.7 Å². The number of hydrogen-bond acceptors (Lipinski definition) is 6. The molecule has 28 heavy (non-hydrogen) atoms. The lowest BCUT2D eigenvalue weighted by atomic mass is 10.1. The summed E-state index contributed by atoms with van der Waals surface area (Å²) in [5.74, 6) is 2.64. The van der Waals surface area contributed by atoms with Gasteiger partial charge in [-0.2, -0.15) is 0 Å². The molecule has 1 fully saturated rings. The van der Waals surface area contributed by atoms with Crippen molar-refractivity contribution in [2.45, 2.75) is 51.4 Å². The molecule has 1 heterocycles. The molecular formula is C20H31NO5S2. The number of carbonyl (C=O) groups is 1. The Bertz CT molecular complexity index is 794. The van der Waals surface area contributed by atoms with Crippen LogP contribution in [0.2, 0.25) is 0 Å². The molecule has 1 aromatic carbocycles. The van der Waals surface area contributed by atoms with Crippen molar-refractivity contribution in [3.8, 4) is 11.5 Å². The van der Waals surface area contributed by atoms with Gasteiger partial charge in [0.2, 0.25) is 5.91 Å². The van der Waals surface area contributed by atoms with Gasteiger partial charge in [0.05, 0.1) is 31.5 Å². The van der Waals surface area contributed by atoms with E-state index in [4.69, 9.17) is 9.47 Å². The fourth-order valence-electron chi connectivity index (χ4n) is 3.50. The highest BCUT2D eigenvalue weighted by Crippen LogP contribution is 2.32. The minimum Gasteiger partial charge on any atom is -0.493 e. The second kappa shape index (κ2) is 9.87. The zero-order valence-electron chi connectivity index (χ0n) is 17.4. The van der Waals surface area contributed by atoms with E-state index in [0.717, 1.165) is 17.5 Å². The lowest BCUT2D eigenvalue weighted by Gasteiger charge is -2.33. The minimum atomic E-state index is -3.03. The summed E-state index contributed by atoms with van der Waals surface area (Å²) in [5, 5.41) is 0. The molecule has 0 saturated carbocycles. The predicted molar refractivity (Wildman–Crippen MR) is 114 cm³/mol. The lowest BCUT2D eigenvalue weighted by Crippen LogP contribution is -2.47. The zero-order valence-corrected chi connectivity index (χ0v) is 19.0. The molecule has 2 rings (SSSR count). The molecule has 0 bridgehead atoms. The van der Waals surface area contributed by atoms with Crippen molar-refractivity contribution in [2.75, 3.05) is 31.5 Å². The quantitative estimate of drug-likeness (QED) is 0.601. The maximum absolute atomic E-state index is 12.9. The normalized spacial score (nSPS) is 19.2. The summed E-state index contributed by atoms with van der Waals surface area (Å²) in [5.41, 5.74) is 2.17. The summed E-state index contributed by atoms with van der Waals surface area (Å²) in [6, 6.07) is 3.72. The van der Waals surface area contributed by atoms with Gasteiger partial charge in [-0.3, -0.25) is 4.79 Å². The van der Waals surface area contributed by atoms with Gasteiger partial charge in [0.25, 0.3) is 0 Å². The first kappa shape index (κ1) is 22.9. The number of hydrogen-bond donors (Lipinski definition) is 0. The molecule has 158 valence electrons. The smallest absolute Gasteiger partial charge is 0.233 e. The van der Waals surface area contributed by atoms with E-state index in [-0.39, 0.29) is 29.5 Å². The van der Waals surface area contributed by atoms with Gasteiger partial charge in [-0.15, -0.1) is 11.8 Å². The van der Waals surface area contributed by atoms with E-state index in [2.05, 4.69) is 0 Å². The molecule has 1 aliphatic rings. The Hall–Kier alpha value is -1.41. The van der Waals surface area contributed by atoms with Gasteiger partial charge in [-0.25, -0.2) is 8.42 Å². The molecular weight excluding hydrogens is 398 g/mol. The standard InChI is InChI=1S/C20H31NO5S2/c1-6-15(3)21(17-7-8-28(23,24)13-17)20(22)12-27-11-16-10-19(26-5)18(25-4)9-14(16)2/h9-10,15,17H,6-8,11-13H2,1-5H3/t15-,17-/m0/s1. The summed E-state index contributed by atoms with van der Waals surface area (Å²) >= 11 is 1.54. The average Bonchev–Trinajstić information content (AvgIpc) is 3.01. The van der Waals surface area contributed by atoms with E-state index in [1.807, 2.05) is 32.9 Å². The van der Waals surface area contributed by atoms with Crippen LogP contribution in [0, 0.1) is 6.92 Å². The molecule has 0 unspecified atom stereocenters. The molecule has 6 nitrogen and oxygen atoms in total. The van der Waals surface area contributed by atoms with Crippen LogP contribution in [-0.4, -0.2) is 62.8 Å². The highest BCUT2D eigenvalue weighted by molar-refractivity contribution is 7.99. The second-order valence-electron chi connectivity index (χ2n) is 7.24. The number of aryl methyl sites for hydroxylation is 1. The molecule has 8 heteroatoms. The van der Waals surface area contributed by atoms with Gasteiger partial charge in [0, 0.05) is 17.8 Å². The largest absolute Gasteiger partial charge is 0.493 e. The van der Waals surface area contributed by atoms with Crippen LogP contribution in [0.25, 0.3) is 0 Å². The van der Waals surface area contributed by atoms with Crippen molar-refractivity contribution >= 4 is 27.5 Å². The van der Waals surface area contributed by atoms with Crippen molar-refractivity contribution in [3.63, 3.8) is 0 Å². The highest BCUT2D eigenvalue weighted by Gasteiger charge is 2.36. The predicted octanol–water partition coefficient (Wildman–Crippen LogP) is 3.06. The Balaban J connectivity index is 2.03. The number of sulfone groups is 1. The Morgan fingerprint density at radius 1 is 1.29 bits per heavy atom. The molecule has 1 aromatic rings. The van der Waals surface area contributed by atoms with Crippen LogP contribution < -0.4 is 9.47 Å². The third kappa shape index (κ3) is 5.56. The van der Waals surface area contributed by atoms with Gasteiger partial charge in [0.15, 0.2) is 21.3 Å². The van der Waals surface area contributed by atoms with Crippen molar-refractivity contribution in [1.29, 1.82) is 0 Å². The Morgan fingerprint density at radius 2 is 1.93 bits per heavy atom. The number of rotatable bonds is 9. The van der Waals surface area contributed by atoms with Gasteiger partial charge in [-0.1, -0.05) is 6.92 Å². The molecule has 1 aliphatic heterocycles. The van der Waals surface area contributed by atoms with Crippen LogP contribution in [0.1, 0.15) is 37.8 Å². The number of ether oxygens (including phenoxy) is 2. The first-order chi connectivity index (χ1) is 13.2. The first-order valence-corrected chi connectivity index (χ1v) is 12.5. The Kier molecular flexibility index (Phi) is 8.07. The number of nitrogens with zero attached hydrogens (tertiary/aromatic N) is 1. The van der Waals surface area contributed by atoms with Crippen molar-refractivity contribution in [2.24, 2.45) is 0 Å². The zero-order chi connectivity index (χ0) is 20.9. The third-order valence-electron chi connectivity index (χ3n) is 5.28. The molecule has 0 radical (unpaired) electrons. The minimum absolute atomic E-state index is 0.0135. The van der Waals surface area contributed by atoms with Crippen molar-refractivity contribution in [3.05, 3.63) is 23.3 Å². The summed E-state index contributed by atoms with van der Waals surface area (Å²) in [7, 11) is 0.187. The topological polar surface area (TPSA) is 72.9 Å². The number of methoxy groups -OCH3 is 2. The fourth-order valence-corrected chi connectivity index (χ4v) is 6.17. The van der Waals surface area contributed by atoms with Gasteiger partial charge in [0.1, 0.15) is 0 Å². The van der Waals surface area contributed by atoms with E-state index in [0.29, 0.717) is 29.4 Å². The van der Waals surface area contributed by atoms with Crippen LogP contribution in [0.4, 0.5) is 0 Å². The van der Waals surface area contributed by atoms with E-state index in [9.17, 15) is 13.2 Å². The monoisotopic (exact) mass is 429 g/mol. The van der Waals surface area contributed by atoms with E-state index >= 15 is 0 Å². The van der Waals surface area contributed by atoms with Gasteiger partial charge >= 0.3 is 0 Å². The maximum atomic E-state index is 12.9. The second-order valence-corrected chi connectivity index (χ2v) is 10.5. The molecule has 0 aromatic heterocycles. The molecule has 0 N–H and O–H groups in total. The summed E-state index contributed by atoms with van der Waals surface area (Å²) < 4.78 is 34.4. The number of thioether (sulfide) groups is 1. The number of amides is 1. The Labute approximate surface area is 172 Å². The molecule has 0 spiro atoms. The van der Waals surface area contributed by atoms with Gasteiger partial charge < -0.3 is 14.4 Å². The molecule has 1 amide bonds. The van der Waals surface area contributed by atoms with E-state index in [1.54, 1.807) is 19.1 Å². The SMILES string of the molecule is CC[C@H](C)N(C(=O)CSCc1cc(OC)c(OC)cc1C)[C@H]1CCS(=O)(=O)C1. The van der Waals surface area contributed by atoms with Crippen molar-refractivity contribution in [1.82, 2.24) is 4.90 Å². The van der Waals surface area contributed by atoms with E-state index in [1.165, 1.54) is 11.8 Å². The van der Waals surface area contributed by atoms with Crippen LogP contribution in [-0.2, 0) is 20.4 Å². The summed E-state index contributed by atoms with van der Waals surface area (Å²) in [4.78, 5) is 14.7. The number of benzene rings is 1. The molecule has 2 atom stereocenters.